The number of hydrogen-bond donors (Lipinski definition) is 1. The molecule has 0 aliphatic carbocycles. The number of carbonyl (C=O) groups is 2. The molecule has 0 saturated carbocycles. The molecule has 1 aromatic heterocycles. The highest BCUT2D eigenvalue weighted by molar-refractivity contribution is 6.06. The Kier molecular flexibility index (Phi) is 6.06. The van der Waals surface area contributed by atoms with Crippen LogP contribution >= 0.6 is 0 Å². The van der Waals surface area contributed by atoms with Gasteiger partial charge in [0.15, 0.2) is 6.10 Å². The number of pyridine rings is 1. The fraction of sp³-hybridized carbons (Fsp3) is 0.227. The van der Waals surface area contributed by atoms with Crippen molar-refractivity contribution in [1.82, 2.24) is 4.98 Å². The van der Waals surface area contributed by atoms with E-state index in [1.165, 1.54) is 31.2 Å². The van der Waals surface area contributed by atoms with Gasteiger partial charge in [-0.1, -0.05) is 31.2 Å². The summed E-state index contributed by atoms with van der Waals surface area (Å²) in [5.41, 5.74) is 2.66. The molecule has 1 amide bonds. The lowest BCUT2D eigenvalue weighted by Gasteiger charge is -2.17. The smallest absolute Gasteiger partial charge is 0.339 e. The van der Waals surface area contributed by atoms with E-state index in [0.29, 0.717) is 28.5 Å². The quantitative estimate of drug-likeness (QED) is 0.372. The van der Waals surface area contributed by atoms with Crippen molar-refractivity contribution in [2.24, 2.45) is 0 Å². The molecule has 30 heavy (non-hydrogen) atoms. The van der Waals surface area contributed by atoms with Gasteiger partial charge in [0.05, 0.1) is 16.0 Å². The number of anilines is 1. The summed E-state index contributed by atoms with van der Waals surface area (Å²) in [4.78, 5) is 40.3. The van der Waals surface area contributed by atoms with Gasteiger partial charge in [-0.25, -0.2) is 4.79 Å². The number of hydrogen-bond acceptors (Lipinski definition) is 6. The van der Waals surface area contributed by atoms with E-state index in [1.54, 1.807) is 6.07 Å². The lowest BCUT2D eigenvalue weighted by Crippen LogP contribution is -2.30. The summed E-state index contributed by atoms with van der Waals surface area (Å²) in [6, 6.07) is 12.8. The van der Waals surface area contributed by atoms with Crippen LogP contribution in [-0.2, 0) is 16.0 Å². The molecule has 8 nitrogen and oxygen atoms in total. The van der Waals surface area contributed by atoms with Gasteiger partial charge in [-0.3, -0.25) is 19.9 Å². The van der Waals surface area contributed by atoms with E-state index in [0.717, 1.165) is 5.69 Å². The van der Waals surface area contributed by atoms with Crippen LogP contribution in [0.3, 0.4) is 0 Å². The summed E-state index contributed by atoms with van der Waals surface area (Å²) in [6.07, 6.45) is -0.451. The highest BCUT2D eigenvalue weighted by atomic mass is 16.6. The van der Waals surface area contributed by atoms with Crippen LogP contribution in [0.4, 0.5) is 11.4 Å². The number of non-ortho nitro benzene ring substituents is 1. The number of para-hydroxylation sites is 1. The van der Waals surface area contributed by atoms with E-state index >= 15 is 0 Å². The van der Waals surface area contributed by atoms with Crippen molar-refractivity contribution in [2.75, 3.05) is 5.32 Å². The molecule has 1 unspecified atom stereocenters. The van der Waals surface area contributed by atoms with Gasteiger partial charge in [-0.05, 0) is 38.0 Å². The number of benzene rings is 2. The molecule has 0 spiro atoms. The molecule has 3 aromatic rings. The third-order valence-corrected chi connectivity index (χ3v) is 4.75. The lowest BCUT2D eigenvalue weighted by atomic mass is 10.0. The number of fused-ring (bicyclic) bond motifs is 1. The van der Waals surface area contributed by atoms with Gasteiger partial charge in [0.25, 0.3) is 11.6 Å². The first-order valence-electron chi connectivity index (χ1n) is 9.46. The van der Waals surface area contributed by atoms with Crippen LogP contribution in [0.15, 0.2) is 48.5 Å². The molecule has 3 rings (SSSR count). The first-order valence-corrected chi connectivity index (χ1v) is 9.46. The monoisotopic (exact) mass is 407 g/mol. The van der Waals surface area contributed by atoms with Gasteiger partial charge in [0, 0.05) is 28.9 Å². The maximum Gasteiger partial charge on any atom is 0.339 e. The highest BCUT2D eigenvalue weighted by Crippen LogP contribution is 2.25. The summed E-state index contributed by atoms with van der Waals surface area (Å²) in [5, 5.41) is 14.1. The maximum atomic E-state index is 12.9. The number of nitrogens with one attached hydrogen (secondary N) is 1. The molecule has 1 N–H and O–H groups in total. The van der Waals surface area contributed by atoms with Crippen molar-refractivity contribution in [2.45, 2.75) is 33.3 Å². The Balaban J connectivity index is 1.82. The molecule has 8 heteroatoms. The Bertz CT molecular complexity index is 1140. The Morgan fingerprint density at radius 1 is 1.20 bits per heavy atom. The highest BCUT2D eigenvalue weighted by Gasteiger charge is 2.24. The van der Waals surface area contributed by atoms with E-state index in [4.69, 9.17) is 4.74 Å². The number of esters is 1. The van der Waals surface area contributed by atoms with Crippen LogP contribution in [0.25, 0.3) is 10.9 Å². The van der Waals surface area contributed by atoms with Gasteiger partial charge in [-0.2, -0.15) is 0 Å². The fourth-order valence-corrected chi connectivity index (χ4v) is 3.18. The molecule has 0 bridgehead atoms. The number of rotatable bonds is 6. The largest absolute Gasteiger partial charge is 0.449 e. The van der Waals surface area contributed by atoms with E-state index in [9.17, 15) is 19.7 Å². The fourth-order valence-electron chi connectivity index (χ4n) is 3.18. The zero-order chi connectivity index (χ0) is 21.8. The van der Waals surface area contributed by atoms with Crippen molar-refractivity contribution >= 4 is 34.2 Å². The van der Waals surface area contributed by atoms with Crippen molar-refractivity contribution in [3.8, 4) is 0 Å². The van der Waals surface area contributed by atoms with Gasteiger partial charge in [-0.15, -0.1) is 0 Å². The number of nitro benzene ring substituents is 1. The van der Waals surface area contributed by atoms with Crippen molar-refractivity contribution < 1.29 is 19.2 Å². The maximum absolute atomic E-state index is 12.9. The molecule has 0 saturated heterocycles. The summed E-state index contributed by atoms with van der Waals surface area (Å²) < 4.78 is 5.42. The zero-order valence-electron chi connectivity index (χ0n) is 16.8. The number of carbonyl (C=O) groups excluding carboxylic acids is 2. The van der Waals surface area contributed by atoms with Crippen LogP contribution in [-0.4, -0.2) is 27.9 Å². The molecule has 0 fully saturated rings. The number of nitrogens with zero attached hydrogens (tertiary/aromatic N) is 2. The molecule has 0 aliphatic heterocycles. The average molecular weight is 407 g/mol. The lowest BCUT2D eigenvalue weighted by molar-refractivity contribution is -0.384. The molecule has 154 valence electrons. The molecule has 0 aliphatic rings. The summed E-state index contributed by atoms with van der Waals surface area (Å²) in [5.74, 6) is -1.21. The van der Waals surface area contributed by atoms with Gasteiger partial charge in [0.1, 0.15) is 0 Å². The summed E-state index contributed by atoms with van der Waals surface area (Å²) in [7, 11) is 0. The second kappa shape index (κ2) is 8.69. The van der Waals surface area contributed by atoms with Crippen molar-refractivity contribution in [1.29, 1.82) is 0 Å². The number of aromatic nitrogens is 1. The van der Waals surface area contributed by atoms with Gasteiger partial charge >= 0.3 is 5.97 Å². The minimum Gasteiger partial charge on any atom is -0.449 e. The van der Waals surface area contributed by atoms with Gasteiger partial charge in [0.2, 0.25) is 0 Å². The predicted octanol–water partition coefficient (Wildman–Crippen LogP) is 4.20. The number of aryl methyl sites for hydroxylation is 1. The standard InChI is InChI=1S/C22H21N3O5/c1-4-18-13(2)20(17-10-5-6-11-19(17)24-18)22(27)30-14(3)21(26)23-15-8-7-9-16(12-15)25(28)29/h5-12,14H,4H2,1-3H3,(H,23,26). The van der Waals surface area contributed by atoms with Gasteiger partial charge < -0.3 is 10.1 Å². The van der Waals surface area contributed by atoms with Crippen molar-refractivity contribution in [3.63, 3.8) is 0 Å². The second-order valence-corrected chi connectivity index (χ2v) is 6.77. The third-order valence-electron chi connectivity index (χ3n) is 4.75. The van der Waals surface area contributed by atoms with E-state index < -0.39 is 22.9 Å². The number of ether oxygens (including phenoxy) is 1. The van der Waals surface area contributed by atoms with Crippen LogP contribution in [0.1, 0.15) is 35.5 Å². The average Bonchev–Trinajstić information content (AvgIpc) is 2.73. The first-order chi connectivity index (χ1) is 14.3. The first kappa shape index (κ1) is 20.9. The zero-order valence-corrected chi connectivity index (χ0v) is 16.8. The van der Waals surface area contributed by atoms with Crippen LogP contribution in [0, 0.1) is 17.0 Å². The topological polar surface area (TPSA) is 111 Å². The molecule has 1 atom stereocenters. The number of amides is 1. The van der Waals surface area contributed by atoms with E-state index in [-0.39, 0.29) is 11.4 Å². The SMILES string of the molecule is CCc1nc2ccccc2c(C(=O)OC(C)C(=O)Nc2cccc([N+](=O)[O-])c2)c1C. The van der Waals surface area contributed by atoms with Crippen LogP contribution < -0.4 is 5.32 Å². The molecule has 2 aromatic carbocycles. The minimum atomic E-state index is -1.10. The summed E-state index contributed by atoms with van der Waals surface area (Å²) >= 11 is 0. The Hall–Kier alpha value is -3.81. The Labute approximate surface area is 173 Å². The van der Waals surface area contributed by atoms with E-state index in [1.807, 2.05) is 32.0 Å². The third kappa shape index (κ3) is 4.27. The summed E-state index contributed by atoms with van der Waals surface area (Å²) in [6.45, 7) is 5.21. The molecule has 1 heterocycles. The molecule has 0 radical (unpaired) electrons. The normalized spacial score (nSPS) is 11.7. The minimum absolute atomic E-state index is 0.150. The molecular weight excluding hydrogens is 386 g/mol. The Morgan fingerprint density at radius 3 is 2.63 bits per heavy atom. The number of nitro groups is 1. The van der Waals surface area contributed by atoms with Crippen molar-refractivity contribution in [3.05, 3.63) is 75.5 Å². The van der Waals surface area contributed by atoms with Crippen LogP contribution in [0.5, 0.6) is 0 Å². The Morgan fingerprint density at radius 2 is 1.93 bits per heavy atom. The molecular formula is C22H21N3O5. The predicted molar refractivity (Wildman–Crippen MR) is 112 cm³/mol. The van der Waals surface area contributed by atoms with E-state index in [2.05, 4.69) is 10.3 Å². The second-order valence-electron chi connectivity index (χ2n) is 6.77. The van der Waals surface area contributed by atoms with Crippen LogP contribution in [0.2, 0.25) is 0 Å².